The molecule has 168 valence electrons. The lowest BCUT2D eigenvalue weighted by atomic mass is 9.96. The van der Waals surface area contributed by atoms with Gasteiger partial charge >= 0.3 is 0 Å². The molecule has 0 spiro atoms. The van der Waals surface area contributed by atoms with Gasteiger partial charge in [0.2, 0.25) is 6.17 Å². The van der Waals surface area contributed by atoms with Crippen LogP contribution in [0, 0.1) is 20.8 Å². The van der Waals surface area contributed by atoms with Crippen LogP contribution < -0.4 is 10.5 Å². The van der Waals surface area contributed by atoms with Gasteiger partial charge in [-0.1, -0.05) is 53.6 Å². The molecule has 6 heteroatoms. The average molecular weight is 449 g/mol. The van der Waals surface area contributed by atoms with Crippen molar-refractivity contribution in [2.45, 2.75) is 33.4 Å². The summed E-state index contributed by atoms with van der Waals surface area (Å²) in [5.74, 6) is 0.270. The molecular formula is C28H24N4O2. The third kappa shape index (κ3) is 3.02. The minimum Gasteiger partial charge on any atom is -0.308 e. The van der Waals surface area contributed by atoms with E-state index in [-0.39, 0.29) is 11.5 Å². The van der Waals surface area contributed by atoms with E-state index in [1.165, 1.54) is 4.57 Å². The molecule has 0 aliphatic carbocycles. The average Bonchev–Trinajstić information content (AvgIpc) is 3.20. The number of aromatic nitrogens is 2. The number of rotatable bonds is 2. The molecule has 6 nitrogen and oxygen atoms in total. The topological polar surface area (TPSA) is 67.6 Å². The Morgan fingerprint density at radius 2 is 1.71 bits per heavy atom. The van der Waals surface area contributed by atoms with Gasteiger partial charge in [-0.3, -0.25) is 14.2 Å². The number of amides is 1. The van der Waals surface area contributed by atoms with E-state index in [0.29, 0.717) is 23.3 Å². The van der Waals surface area contributed by atoms with Crippen molar-refractivity contribution in [1.29, 1.82) is 0 Å². The number of carbonyl (C=O) groups is 1. The largest absolute Gasteiger partial charge is 0.308 e. The smallest absolute Gasteiger partial charge is 0.272 e. The second kappa shape index (κ2) is 7.48. The van der Waals surface area contributed by atoms with E-state index in [9.17, 15) is 9.59 Å². The minimum absolute atomic E-state index is 0.200. The molecule has 6 rings (SSSR count). The van der Waals surface area contributed by atoms with Gasteiger partial charge in [0.1, 0.15) is 5.82 Å². The minimum atomic E-state index is -1.03. The van der Waals surface area contributed by atoms with Gasteiger partial charge in [0, 0.05) is 17.7 Å². The summed E-state index contributed by atoms with van der Waals surface area (Å²) in [7, 11) is 0. The Labute approximate surface area is 197 Å². The highest BCUT2D eigenvalue weighted by Gasteiger charge is 2.38. The van der Waals surface area contributed by atoms with Crippen LogP contribution in [0.2, 0.25) is 0 Å². The molecule has 2 aliphatic heterocycles. The molecule has 3 heterocycles. The Morgan fingerprint density at radius 1 is 0.912 bits per heavy atom. The Morgan fingerprint density at radius 3 is 2.50 bits per heavy atom. The van der Waals surface area contributed by atoms with Gasteiger partial charge in [0.05, 0.1) is 22.3 Å². The van der Waals surface area contributed by atoms with Gasteiger partial charge in [-0.25, -0.2) is 9.98 Å². The molecule has 0 unspecified atom stereocenters. The molecule has 0 N–H and O–H groups in total. The number of benzene rings is 3. The van der Waals surface area contributed by atoms with Gasteiger partial charge in [-0.2, -0.15) is 0 Å². The maximum Gasteiger partial charge on any atom is 0.272 e. The molecule has 1 amide bonds. The van der Waals surface area contributed by atoms with Gasteiger partial charge in [-0.05, 0) is 51.0 Å². The van der Waals surface area contributed by atoms with E-state index in [0.717, 1.165) is 45.6 Å². The van der Waals surface area contributed by atoms with Crippen molar-refractivity contribution in [3.8, 4) is 0 Å². The van der Waals surface area contributed by atoms with E-state index >= 15 is 0 Å². The zero-order valence-corrected chi connectivity index (χ0v) is 19.4. The molecule has 3 aromatic carbocycles. The summed E-state index contributed by atoms with van der Waals surface area (Å²) in [4.78, 5) is 39.2. The van der Waals surface area contributed by atoms with Crippen LogP contribution in [-0.2, 0) is 11.2 Å². The molecule has 0 radical (unpaired) electrons. The molecule has 1 atom stereocenters. The van der Waals surface area contributed by atoms with Crippen molar-refractivity contribution >= 4 is 28.2 Å². The quantitative estimate of drug-likeness (QED) is 0.460. The summed E-state index contributed by atoms with van der Waals surface area (Å²) in [6.07, 6.45) is -0.244. The molecular weight excluding hydrogens is 424 g/mol. The summed E-state index contributed by atoms with van der Waals surface area (Å²) in [5.41, 5.74) is 7.10. The van der Waals surface area contributed by atoms with Gasteiger partial charge in [0.25, 0.3) is 11.5 Å². The van der Waals surface area contributed by atoms with E-state index < -0.39 is 6.17 Å². The lowest BCUT2D eigenvalue weighted by Crippen LogP contribution is -2.39. The number of aliphatic imine (C=N–C) groups is 1. The van der Waals surface area contributed by atoms with Gasteiger partial charge in [0.15, 0.2) is 0 Å². The van der Waals surface area contributed by atoms with E-state index in [1.54, 1.807) is 11.8 Å². The summed E-state index contributed by atoms with van der Waals surface area (Å²) in [5, 5.41) is 0.495. The van der Waals surface area contributed by atoms with Crippen molar-refractivity contribution in [3.63, 3.8) is 0 Å². The molecule has 0 fully saturated rings. The first-order valence-electron chi connectivity index (χ1n) is 11.5. The molecule has 2 aliphatic rings. The number of fused-ring (bicyclic) bond motifs is 1. The highest BCUT2D eigenvalue weighted by molar-refractivity contribution is 6.20. The molecule has 34 heavy (non-hydrogen) atoms. The van der Waals surface area contributed by atoms with E-state index in [4.69, 9.17) is 4.99 Å². The van der Waals surface area contributed by atoms with Crippen molar-refractivity contribution < 1.29 is 4.79 Å². The van der Waals surface area contributed by atoms with E-state index in [1.807, 2.05) is 55.5 Å². The van der Waals surface area contributed by atoms with Gasteiger partial charge < -0.3 is 4.90 Å². The van der Waals surface area contributed by atoms with Crippen LogP contribution >= 0.6 is 0 Å². The Balaban J connectivity index is 1.67. The zero-order valence-electron chi connectivity index (χ0n) is 19.4. The summed E-state index contributed by atoms with van der Waals surface area (Å²) in [6, 6.07) is 19.7. The second-order valence-electron chi connectivity index (χ2n) is 9.13. The van der Waals surface area contributed by atoms with Crippen LogP contribution in [0.25, 0.3) is 10.9 Å². The van der Waals surface area contributed by atoms with Crippen molar-refractivity contribution in [1.82, 2.24) is 9.55 Å². The van der Waals surface area contributed by atoms with Crippen LogP contribution in [0.4, 0.5) is 5.69 Å². The lowest BCUT2D eigenvalue weighted by molar-refractivity contribution is -0.121. The van der Waals surface area contributed by atoms with E-state index in [2.05, 4.69) is 24.0 Å². The zero-order chi connectivity index (χ0) is 23.6. The van der Waals surface area contributed by atoms with Gasteiger partial charge in [-0.15, -0.1) is 0 Å². The summed E-state index contributed by atoms with van der Waals surface area (Å²) >= 11 is 0. The third-order valence-corrected chi connectivity index (χ3v) is 6.73. The first-order valence-corrected chi connectivity index (χ1v) is 11.5. The van der Waals surface area contributed by atoms with Crippen LogP contribution in [0.5, 0.6) is 0 Å². The first kappa shape index (κ1) is 20.5. The molecule has 1 aromatic heterocycles. The number of hydrogen-bond donors (Lipinski definition) is 0. The Hall–Kier alpha value is -4.06. The summed E-state index contributed by atoms with van der Waals surface area (Å²) in [6.45, 7) is 6.35. The maximum absolute atomic E-state index is 14.0. The number of nitrogens with zero attached hydrogens (tertiary/aromatic N) is 4. The highest BCUT2D eigenvalue weighted by atomic mass is 16.2. The Kier molecular flexibility index (Phi) is 4.52. The van der Waals surface area contributed by atoms with Crippen LogP contribution in [-0.4, -0.2) is 27.7 Å². The fourth-order valence-corrected chi connectivity index (χ4v) is 5.20. The van der Waals surface area contributed by atoms with Crippen molar-refractivity contribution in [2.24, 2.45) is 4.99 Å². The predicted octanol–water partition coefficient (Wildman–Crippen LogP) is 4.26. The first-order chi connectivity index (χ1) is 16.4. The fourth-order valence-electron chi connectivity index (χ4n) is 5.20. The maximum atomic E-state index is 14.0. The van der Waals surface area contributed by atoms with Crippen LogP contribution in [0.15, 0.2) is 70.5 Å². The lowest BCUT2D eigenvalue weighted by Gasteiger charge is -2.23. The van der Waals surface area contributed by atoms with Crippen LogP contribution in [0.1, 0.15) is 39.8 Å². The number of carbonyl (C=O) groups excluding carboxylic acids is 1. The monoisotopic (exact) mass is 448 g/mol. The number of anilines is 1. The molecule has 0 saturated heterocycles. The molecule has 4 aromatic rings. The highest BCUT2D eigenvalue weighted by Crippen LogP contribution is 2.39. The summed E-state index contributed by atoms with van der Waals surface area (Å²) < 4.78 is 1.46. The van der Waals surface area contributed by atoms with Crippen LogP contribution in [0.3, 0.4) is 0 Å². The third-order valence-electron chi connectivity index (χ3n) is 6.73. The normalized spacial score (nSPS) is 17.0. The SMILES string of the molecule is Cc1cc2c3c(c1)C(c1ccccc1)=N[C@@H](n1c(C)nc4ccc(C)cc4c1=O)C(=O)N3CC2. The second-order valence-corrected chi connectivity index (χ2v) is 9.13. The Bertz CT molecular complexity index is 1580. The van der Waals surface area contributed by atoms with Crippen molar-refractivity contribution in [2.75, 3.05) is 11.4 Å². The number of hydrogen-bond acceptors (Lipinski definition) is 4. The standard InChI is InChI=1S/C28H24N4O2/c1-16-9-10-23-21(14-16)27(33)32(18(3)29-23)26-28(34)31-12-11-20-13-17(2)15-22(25(20)31)24(30-26)19-7-5-4-6-8-19/h4-10,13-15,26H,11-12H2,1-3H3/t26-/m0/s1. The number of aryl methyl sites for hydroxylation is 3. The van der Waals surface area contributed by atoms with Crippen molar-refractivity contribution in [3.05, 3.63) is 105 Å². The predicted molar refractivity (Wildman–Crippen MR) is 134 cm³/mol. The fraction of sp³-hybridized carbons (Fsp3) is 0.214. The molecule has 0 bridgehead atoms. The molecule has 0 saturated carbocycles.